The van der Waals surface area contributed by atoms with Gasteiger partial charge in [-0.2, -0.15) is 0 Å². The maximum Gasteiger partial charge on any atom is 0.162 e. The van der Waals surface area contributed by atoms with Crippen LogP contribution in [0.3, 0.4) is 0 Å². The second-order valence-corrected chi connectivity index (χ2v) is 5.98. The fourth-order valence-corrected chi connectivity index (χ4v) is 2.81. The summed E-state index contributed by atoms with van der Waals surface area (Å²) in [7, 11) is 3.22. The van der Waals surface area contributed by atoms with Gasteiger partial charge in [-0.25, -0.2) is 0 Å². The lowest BCUT2D eigenvalue weighted by Crippen LogP contribution is -2.15. The van der Waals surface area contributed by atoms with Crippen molar-refractivity contribution in [2.75, 3.05) is 20.8 Å². The topological polar surface area (TPSA) is 30.5 Å². The number of hydrogen-bond acceptors (Lipinski definition) is 3. The first-order valence-electron chi connectivity index (χ1n) is 7.50. The van der Waals surface area contributed by atoms with Crippen LogP contribution in [-0.2, 0) is 13.0 Å². The van der Waals surface area contributed by atoms with Gasteiger partial charge >= 0.3 is 0 Å². The molecule has 0 aromatic heterocycles. The molecule has 0 fully saturated rings. The molecule has 0 aliphatic carbocycles. The van der Waals surface area contributed by atoms with Gasteiger partial charge in [0.25, 0.3) is 0 Å². The summed E-state index contributed by atoms with van der Waals surface area (Å²) in [6.45, 7) is 1.57. The van der Waals surface area contributed by atoms with Gasteiger partial charge in [-0.3, -0.25) is 0 Å². The smallest absolute Gasteiger partial charge is 0.162 e. The largest absolute Gasteiger partial charge is 0.493 e. The number of halogens is 2. The zero-order chi connectivity index (χ0) is 16.7. The van der Waals surface area contributed by atoms with Crippen LogP contribution in [-0.4, -0.2) is 20.8 Å². The van der Waals surface area contributed by atoms with E-state index in [4.69, 9.17) is 32.7 Å². The second kappa shape index (κ2) is 9.02. The van der Waals surface area contributed by atoms with E-state index in [0.29, 0.717) is 23.1 Å². The van der Waals surface area contributed by atoms with Gasteiger partial charge in [-0.05, 0) is 42.6 Å². The van der Waals surface area contributed by atoms with E-state index < -0.39 is 0 Å². The van der Waals surface area contributed by atoms with Gasteiger partial charge in [-0.1, -0.05) is 41.4 Å². The SMILES string of the molecule is COc1cc(Cl)c(CNCCCc2ccccc2Cl)cc1OC. The van der Waals surface area contributed by atoms with Crippen molar-refractivity contribution in [3.63, 3.8) is 0 Å². The highest BCUT2D eigenvalue weighted by Gasteiger charge is 2.09. The van der Waals surface area contributed by atoms with Crippen LogP contribution in [0.1, 0.15) is 17.5 Å². The molecule has 2 aromatic rings. The zero-order valence-corrected chi connectivity index (χ0v) is 14.9. The third kappa shape index (κ3) is 5.03. The van der Waals surface area contributed by atoms with Crippen molar-refractivity contribution in [2.24, 2.45) is 0 Å². The van der Waals surface area contributed by atoms with Crippen LogP contribution in [0.2, 0.25) is 10.0 Å². The van der Waals surface area contributed by atoms with Crippen molar-refractivity contribution in [3.8, 4) is 11.5 Å². The van der Waals surface area contributed by atoms with Gasteiger partial charge in [0, 0.05) is 22.7 Å². The summed E-state index contributed by atoms with van der Waals surface area (Å²) in [5.41, 5.74) is 2.17. The third-order valence-electron chi connectivity index (χ3n) is 3.63. The fraction of sp³-hybridized carbons (Fsp3) is 0.333. The molecular formula is C18H21Cl2NO2. The molecule has 3 nitrogen and oxygen atoms in total. The Morgan fingerprint density at radius 3 is 2.30 bits per heavy atom. The van der Waals surface area contributed by atoms with Crippen LogP contribution in [0.4, 0.5) is 0 Å². The minimum atomic E-state index is 0.639. The lowest BCUT2D eigenvalue weighted by molar-refractivity contribution is 0.354. The third-order valence-corrected chi connectivity index (χ3v) is 4.35. The Balaban J connectivity index is 1.83. The Kier molecular flexibility index (Phi) is 7.03. The average molecular weight is 354 g/mol. The van der Waals surface area contributed by atoms with Crippen LogP contribution >= 0.6 is 23.2 Å². The van der Waals surface area contributed by atoms with Crippen molar-refractivity contribution in [2.45, 2.75) is 19.4 Å². The van der Waals surface area contributed by atoms with Crippen LogP contribution < -0.4 is 14.8 Å². The summed E-state index contributed by atoms with van der Waals surface area (Å²) in [4.78, 5) is 0. The monoisotopic (exact) mass is 353 g/mol. The highest BCUT2D eigenvalue weighted by molar-refractivity contribution is 6.31. The number of rotatable bonds is 8. The highest BCUT2D eigenvalue weighted by Crippen LogP contribution is 2.32. The minimum absolute atomic E-state index is 0.639. The molecule has 0 radical (unpaired) electrons. The fourth-order valence-electron chi connectivity index (χ4n) is 2.36. The predicted molar refractivity (Wildman–Crippen MR) is 96.0 cm³/mol. The normalized spacial score (nSPS) is 10.6. The molecule has 2 rings (SSSR count). The lowest BCUT2D eigenvalue weighted by Gasteiger charge is -2.12. The van der Waals surface area contributed by atoms with Crippen molar-refractivity contribution in [3.05, 3.63) is 57.6 Å². The molecule has 0 saturated carbocycles. The Bertz CT molecular complexity index is 647. The molecule has 0 amide bonds. The summed E-state index contributed by atoms with van der Waals surface area (Å²) in [6.07, 6.45) is 1.96. The van der Waals surface area contributed by atoms with Crippen LogP contribution in [0, 0.1) is 0 Å². The molecular weight excluding hydrogens is 333 g/mol. The summed E-state index contributed by atoms with van der Waals surface area (Å²) >= 11 is 12.4. The summed E-state index contributed by atoms with van der Waals surface area (Å²) in [6, 6.07) is 11.6. The first kappa shape index (κ1) is 17.9. The predicted octanol–water partition coefficient (Wildman–Crippen LogP) is 4.73. The van der Waals surface area contributed by atoms with Gasteiger partial charge in [0.1, 0.15) is 0 Å². The Morgan fingerprint density at radius 1 is 0.913 bits per heavy atom. The number of methoxy groups -OCH3 is 2. The number of hydrogen-bond donors (Lipinski definition) is 1. The first-order chi connectivity index (χ1) is 11.2. The molecule has 23 heavy (non-hydrogen) atoms. The molecule has 0 atom stereocenters. The molecule has 0 bridgehead atoms. The highest BCUT2D eigenvalue weighted by atomic mass is 35.5. The molecule has 0 aliphatic heterocycles. The van der Waals surface area contributed by atoms with Gasteiger partial charge < -0.3 is 14.8 Å². The van der Waals surface area contributed by atoms with Gasteiger partial charge in [-0.15, -0.1) is 0 Å². The molecule has 1 N–H and O–H groups in total. The summed E-state index contributed by atoms with van der Waals surface area (Å²) in [5.74, 6) is 1.32. The van der Waals surface area contributed by atoms with Crippen molar-refractivity contribution in [1.82, 2.24) is 5.32 Å². The van der Waals surface area contributed by atoms with Crippen molar-refractivity contribution < 1.29 is 9.47 Å². The standard InChI is InChI=1S/C18H21Cl2NO2/c1-22-17-10-14(16(20)11-18(17)23-2)12-21-9-5-7-13-6-3-4-8-15(13)19/h3-4,6,8,10-11,21H,5,7,9,12H2,1-2H3. The van der Waals surface area contributed by atoms with E-state index in [9.17, 15) is 0 Å². The molecule has 124 valence electrons. The zero-order valence-electron chi connectivity index (χ0n) is 13.4. The van der Waals surface area contributed by atoms with Gasteiger partial charge in [0.05, 0.1) is 14.2 Å². The summed E-state index contributed by atoms with van der Waals surface area (Å²) < 4.78 is 10.5. The van der Waals surface area contributed by atoms with E-state index in [-0.39, 0.29) is 0 Å². The molecule has 5 heteroatoms. The van der Waals surface area contributed by atoms with E-state index in [1.54, 1.807) is 20.3 Å². The first-order valence-corrected chi connectivity index (χ1v) is 8.25. The van der Waals surface area contributed by atoms with E-state index in [1.807, 2.05) is 24.3 Å². The summed E-state index contributed by atoms with van der Waals surface area (Å²) in [5, 5.41) is 4.89. The Hall–Kier alpha value is -1.42. The van der Waals surface area contributed by atoms with E-state index in [1.165, 1.54) is 5.56 Å². The quantitative estimate of drug-likeness (QED) is 0.695. The number of aryl methyl sites for hydroxylation is 1. The Labute approximate surface area is 147 Å². The number of benzene rings is 2. The maximum absolute atomic E-state index is 6.27. The molecule has 0 spiro atoms. The van der Waals surface area contributed by atoms with E-state index in [0.717, 1.165) is 30.0 Å². The van der Waals surface area contributed by atoms with Crippen LogP contribution in [0.15, 0.2) is 36.4 Å². The molecule has 0 saturated heterocycles. The average Bonchev–Trinajstić information content (AvgIpc) is 2.57. The van der Waals surface area contributed by atoms with Gasteiger partial charge in [0.15, 0.2) is 11.5 Å². The van der Waals surface area contributed by atoms with Crippen LogP contribution in [0.5, 0.6) is 11.5 Å². The lowest BCUT2D eigenvalue weighted by atomic mass is 10.1. The van der Waals surface area contributed by atoms with Crippen molar-refractivity contribution in [1.29, 1.82) is 0 Å². The minimum Gasteiger partial charge on any atom is -0.493 e. The number of ether oxygens (including phenoxy) is 2. The second-order valence-electron chi connectivity index (χ2n) is 5.17. The molecule has 0 heterocycles. The molecule has 2 aromatic carbocycles. The van der Waals surface area contributed by atoms with Crippen LogP contribution in [0.25, 0.3) is 0 Å². The van der Waals surface area contributed by atoms with Crippen molar-refractivity contribution >= 4 is 23.2 Å². The van der Waals surface area contributed by atoms with E-state index in [2.05, 4.69) is 11.4 Å². The van der Waals surface area contributed by atoms with Gasteiger partial charge in [0.2, 0.25) is 0 Å². The molecule has 0 unspecified atom stereocenters. The maximum atomic E-state index is 6.27. The van der Waals surface area contributed by atoms with E-state index >= 15 is 0 Å². The molecule has 0 aliphatic rings. The number of nitrogens with one attached hydrogen (secondary N) is 1. The Morgan fingerprint density at radius 2 is 1.61 bits per heavy atom.